The molecule has 2 aliphatic carbocycles. The minimum absolute atomic E-state index is 0.187. The molecule has 0 saturated carbocycles. The third-order valence-corrected chi connectivity index (χ3v) is 12.6. The van der Waals surface area contributed by atoms with Crippen LogP contribution in [0.15, 0.2) is 162 Å². The van der Waals surface area contributed by atoms with E-state index in [0.29, 0.717) is 11.6 Å². The third kappa shape index (κ3) is 5.70. The molecule has 2 aliphatic rings. The monoisotopic (exact) mass is 739 g/mol. The second kappa shape index (κ2) is 13.7. The van der Waals surface area contributed by atoms with E-state index in [0.717, 1.165) is 87.7 Å². The van der Waals surface area contributed by atoms with Crippen LogP contribution >= 0.6 is 11.3 Å². The molecular formula is C51H37N3OS. The van der Waals surface area contributed by atoms with Gasteiger partial charge in [-0.3, -0.25) is 0 Å². The highest BCUT2D eigenvalue weighted by molar-refractivity contribution is 7.26. The van der Waals surface area contributed by atoms with Gasteiger partial charge in [0, 0.05) is 48.0 Å². The Labute approximate surface area is 329 Å². The Morgan fingerprint density at radius 2 is 1.34 bits per heavy atom. The van der Waals surface area contributed by atoms with Crippen molar-refractivity contribution in [3.05, 3.63) is 169 Å². The zero-order valence-corrected chi connectivity index (χ0v) is 31.6. The minimum atomic E-state index is 0.187. The van der Waals surface area contributed by atoms with E-state index in [1.807, 2.05) is 29.5 Å². The van der Waals surface area contributed by atoms with Crippen LogP contribution in [0.3, 0.4) is 0 Å². The second-order valence-electron chi connectivity index (χ2n) is 14.9. The first kappa shape index (κ1) is 33.0. The first-order chi connectivity index (χ1) is 27.7. The molecule has 0 N–H and O–H groups in total. The molecule has 6 aromatic carbocycles. The summed E-state index contributed by atoms with van der Waals surface area (Å²) in [5.41, 5.74) is 11.1. The third-order valence-electron chi connectivity index (χ3n) is 11.4. The fraction of sp³-hybridized carbons (Fsp3) is 0.118. The average Bonchev–Trinajstić information content (AvgIpc) is 3.86. The molecule has 0 fully saturated rings. The van der Waals surface area contributed by atoms with Gasteiger partial charge in [-0.2, -0.15) is 0 Å². The Kier molecular flexibility index (Phi) is 8.06. The molecule has 0 amide bonds. The fourth-order valence-electron chi connectivity index (χ4n) is 8.66. The number of rotatable bonds is 6. The zero-order chi connectivity index (χ0) is 37.0. The lowest BCUT2D eigenvalue weighted by Crippen LogP contribution is -2.09. The van der Waals surface area contributed by atoms with Gasteiger partial charge in [-0.15, -0.1) is 11.3 Å². The van der Waals surface area contributed by atoms with Crippen LogP contribution in [0.4, 0.5) is 0 Å². The average molecular weight is 740 g/mol. The van der Waals surface area contributed by atoms with Gasteiger partial charge in [0.25, 0.3) is 0 Å². The zero-order valence-electron chi connectivity index (χ0n) is 30.8. The van der Waals surface area contributed by atoms with Gasteiger partial charge in [-0.05, 0) is 95.8 Å². The molecular weight excluding hydrogens is 703 g/mol. The molecule has 0 radical (unpaired) electrons. The Morgan fingerprint density at radius 3 is 2.20 bits per heavy atom. The van der Waals surface area contributed by atoms with E-state index in [2.05, 4.69) is 140 Å². The summed E-state index contributed by atoms with van der Waals surface area (Å²) in [7, 11) is 0. The molecule has 268 valence electrons. The minimum Gasteiger partial charge on any atom is -0.456 e. The Balaban J connectivity index is 1.01. The number of furan rings is 1. The molecule has 0 saturated heterocycles. The van der Waals surface area contributed by atoms with Crippen molar-refractivity contribution in [2.75, 3.05) is 0 Å². The van der Waals surface area contributed by atoms with Gasteiger partial charge in [0.05, 0.1) is 0 Å². The first-order valence-corrected chi connectivity index (χ1v) is 20.4. The Hall–Kier alpha value is -6.43. The van der Waals surface area contributed by atoms with E-state index in [4.69, 9.17) is 19.4 Å². The molecule has 9 aromatic rings. The standard InChI is InChI=1S/C51H37N3OS/c1-4-14-32(15-5-1)40-24-11-25-42-47-39(23-13-27-45(47)56-48(40)42)36-28-29-41-44(31-36)55-43-26-12-22-38(46(41)43)35-20-10-21-37(30-35)51-53-49(33-16-6-2-7-17-33)52-50(54-51)34-18-8-3-9-19-34/h1-2,4,6-8,10-14,16-18,20-31,34H,3,5,9,15,19H2. The van der Waals surface area contributed by atoms with Crippen molar-refractivity contribution in [1.29, 1.82) is 0 Å². The van der Waals surface area contributed by atoms with Crippen molar-refractivity contribution in [2.45, 2.75) is 38.0 Å². The summed E-state index contributed by atoms with van der Waals surface area (Å²) in [5.74, 6) is 2.42. The summed E-state index contributed by atoms with van der Waals surface area (Å²) in [5, 5.41) is 4.84. The van der Waals surface area contributed by atoms with Gasteiger partial charge in [-0.25, -0.2) is 15.0 Å². The van der Waals surface area contributed by atoms with E-state index in [9.17, 15) is 0 Å². The molecule has 4 nitrogen and oxygen atoms in total. The lowest BCUT2D eigenvalue weighted by Gasteiger charge is -2.16. The van der Waals surface area contributed by atoms with Crippen LogP contribution in [0.2, 0.25) is 0 Å². The van der Waals surface area contributed by atoms with Crippen LogP contribution in [0.25, 0.3) is 92.7 Å². The molecule has 0 aliphatic heterocycles. The number of aromatic nitrogens is 3. The maximum Gasteiger partial charge on any atom is 0.163 e. The number of hydrogen-bond acceptors (Lipinski definition) is 5. The fourth-order valence-corrected chi connectivity index (χ4v) is 9.94. The predicted molar refractivity (Wildman–Crippen MR) is 234 cm³/mol. The lowest BCUT2D eigenvalue weighted by molar-refractivity contribution is 0.623. The molecule has 1 atom stereocenters. The maximum absolute atomic E-state index is 6.67. The van der Waals surface area contributed by atoms with E-state index in [1.165, 1.54) is 36.9 Å². The van der Waals surface area contributed by atoms with Crippen LogP contribution in [0.1, 0.15) is 49.4 Å². The van der Waals surface area contributed by atoms with Crippen molar-refractivity contribution in [3.63, 3.8) is 0 Å². The number of allylic oxidation sites excluding steroid dienone is 6. The van der Waals surface area contributed by atoms with E-state index < -0.39 is 0 Å². The summed E-state index contributed by atoms with van der Waals surface area (Å²) in [6.45, 7) is 0. The second-order valence-corrected chi connectivity index (χ2v) is 15.9. The summed E-state index contributed by atoms with van der Waals surface area (Å²) in [6, 6.07) is 45.4. The van der Waals surface area contributed by atoms with Crippen molar-refractivity contribution >= 4 is 59.0 Å². The summed E-state index contributed by atoms with van der Waals surface area (Å²) < 4.78 is 9.34. The molecule has 0 spiro atoms. The quantitative estimate of drug-likeness (QED) is 0.159. The van der Waals surface area contributed by atoms with Crippen LogP contribution in [0, 0.1) is 0 Å². The van der Waals surface area contributed by atoms with Crippen LogP contribution in [-0.4, -0.2) is 15.0 Å². The summed E-state index contributed by atoms with van der Waals surface area (Å²) in [6.07, 6.45) is 16.7. The number of nitrogens with zero attached hydrogens (tertiary/aromatic N) is 3. The molecule has 5 heteroatoms. The summed E-state index contributed by atoms with van der Waals surface area (Å²) >= 11 is 1.90. The van der Waals surface area contributed by atoms with Crippen molar-refractivity contribution in [2.24, 2.45) is 0 Å². The molecule has 3 heterocycles. The topological polar surface area (TPSA) is 51.8 Å². The van der Waals surface area contributed by atoms with E-state index >= 15 is 0 Å². The van der Waals surface area contributed by atoms with Crippen molar-refractivity contribution in [3.8, 4) is 45.0 Å². The van der Waals surface area contributed by atoms with E-state index in [1.54, 1.807) is 0 Å². The van der Waals surface area contributed by atoms with Crippen molar-refractivity contribution in [1.82, 2.24) is 15.0 Å². The molecule has 0 bridgehead atoms. The molecule has 56 heavy (non-hydrogen) atoms. The molecule has 11 rings (SSSR count). The van der Waals surface area contributed by atoms with Gasteiger partial charge in [-0.1, -0.05) is 127 Å². The number of hydrogen-bond donors (Lipinski definition) is 0. The number of fused-ring (bicyclic) bond motifs is 6. The number of thiophene rings is 1. The highest BCUT2D eigenvalue weighted by Gasteiger charge is 2.21. The summed E-state index contributed by atoms with van der Waals surface area (Å²) in [4.78, 5) is 15.1. The van der Waals surface area contributed by atoms with Crippen molar-refractivity contribution < 1.29 is 4.42 Å². The maximum atomic E-state index is 6.67. The predicted octanol–water partition coefficient (Wildman–Crippen LogP) is 14.4. The van der Waals surface area contributed by atoms with Crippen LogP contribution < -0.4 is 0 Å². The van der Waals surface area contributed by atoms with E-state index in [-0.39, 0.29) is 5.92 Å². The van der Waals surface area contributed by atoms with Crippen LogP contribution in [-0.2, 0) is 0 Å². The highest BCUT2D eigenvalue weighted by Crippen LogP contribution is 2.45. The van der Waals surface area contributed by atoms with Gasteiger partial charge in [0.1, 0.15) is 17.0 Å². The van der Waals surface area contributed by atoms with Crippen LogP contribution in [0.5, 0.6) is 0 Å². The largest absolute Gasteiger partial charge is 0.456 e. The lowest BCUT2D eigenvalue weighted by atomic mass is 9.94. The number of benzene rings is 6. The molecule has 1 unspecified atom stereocenters. The smallest absolute Gasteiger partial charge is 0.163 e. The molecule has 3 aromatic heterocycles. The normalized spacial score (nSPS) is 15.6. The Bertz CT molecular complexity index is 3070. The van der Waals surface area contributed by atoms with Gasteiger partial charge in [0.2, 0.25) is 0 Å². The van der Waals surface area contributed by atoms with Gasteiger partial charge < -0.3 is 4.42 Å². The van der Waals surface area contributed by atoms with Gasteiger partial charge >= 0.3 is 0 Å². The van der Waals surface area contributed by atoms with Gasteiger partial charge in [0.15, 0.2) is 11.6 Å². The SMILES string of the molecule is C1=CCCC(c2cccc3c2sc2cccc(-c4ccc5c(c4)oc4cccc(-c6cccc(-c7nc(-c8ccccc8)nc(C8C=CCCC8)n7)c6)c45)c23)=C1. The Morgan fingerprint density at radius 1 is 0.571 bits per heavy atom. The first-order valence-electron chi connectivity index (χ1n) is 19.6. The highest BCUT2D eigenvalue weighted by atomic mass is 32.1.